The SMILES string of the molecule is Cc1nn(Cc2ccc(C(=O)N3CCCN(C(=O)OC(C)(C)C)CC3)o2)c(C)c1Cl. The Morgan fingerprint density at radius 3 is 2.43 bits per heavy atom. The Bertz CT molecular complexity index is 928. The summed E-state index contributed by atoms with van der Waals surface area (Å²) in [5.41, 5.74) is 1.07. The van der Waals surface area contributed by atoms with Gasteiger partial charge in [0.15, 0.2) is 5.76 Å². The first-order valence-corrected chi connectivity index (χ1v) is 10.5. The number of aromatic nitrogens is 2. The van der Waals surface area contributed by atoms with E-state index in [1.165, 1.54) is 0 Å². The minimum atomic E-state index is -0.542. The zero-order valence-corrected chi connectivity index (χ0v) is 19.0. The van der Waals surface area contributed by atoms with Crippen molar-refractivity contribution >= 4 is 23.6 Å². The van der Waals surface area contributed by atoms with Crippen LogP contribution in [0.15, 0.2) is 16.5 Å². The zero-order chi connectivity index (χ0) is 22.1. The molecule has 1 aliphatic rings. The summed E-state index contributed by atoms with van der Waals surface area (Å²) in [5.74, 6) is 0.729. The number of carbonyl (C=O) groups is 2. The van der Waals surface area contributed by atoms with Crippen LogP contribution in [0.5, 0.6) is 0 Å². The monoisotopic (exact) mass is 436 g/mol. The summed E-state index contributed by atoms with van der Waals surface area (Å²) in [6.07, 6.45) is 0.337. The Morgan fingerprint density at radius 2 is 1.80 bits per heavy atom. The first-order valence-electron chi connectivity index (χ1n) is 10.1. The van der Waals surface area contributed by atoms with Crippen LogP contribution in [0.1, 0.15) is 54.9 Å². The van der Waals surface area contributed by atoms with Crippen LogP contribution < -0.4 is 0 Å². The number of hydrogen-bond acceptors (Lipinski definition) is 5. The first kappa shape index (κ1) is 22.2. The summed E-state index contributed by atoms with van der Waals surface area (Å²) in [5, 5.41) is 5.03. The van der Waals surface area contributed by atoms with Crippen LogP contribution >= 0.6 is 11.6 Å². The van der Waals surface area contributed by atoms with Crippen LogP contribution in [-0.4, -0.2) is 63.4 Å². The maximum atomic E-state index is 12.9. The molecule has 1 aliphatic heterocycles. The van der Waals surface area contributed by atoms with E-state index in [1.54, 1.807) is 26.6 Å². The van der Waals surface area contributed by atoms with Gasteiger partial charge in [-0.15, -0.1) is 0 Å². The molecule has 3 rings (SSSR count). The van der Waals surface area contributed by atoms with Gasteiger partial charge in [-0.25, -0.2) is 4.79 Å². The molecule has 9 heteroatoms. The Kier molecular flexibility index (Phi) is 6.45. The molecule has 3 heterocycles. The number of hydrogen-bond donors (Lipinski definition) is 0. The highest BCUT2D eigenvalue weighted by Crippen LogP contribution is 2.21. The standard InChI is InChI=1S/C21H29ClN4O4/c1-14-18(22)15(2)26(23-14)13-16-7-8-17(29-16)19(27)24-9-6-10-25(12-11-24)20(28)30-21(3,4)5/h7-8H,6,9-13H2,1-5H3. The minimum absolute atomic E-state index is 0.182. The number of ether oxygens (including phenoxy) is 1. The van der Waals surface area contributed by atoms with E-state index < -0.39 is 5.60 Å². The van der Waals surface area contributed by atoms with Crippen LogP contribution in [0, 0.1) is 13.8 Å². The van der Waals surface area contributed by atoms with Crippen molar-refractivity contribution < 1.29 is 18.7 Å². The summed E-state index contributed by atoms with van der Waals surface area (Å²) >= 11 is 6.19. The highest BCUT2D eigenvalue weighted by Gasteiger charge is 2.27. The van der Waals surface area contributed by atoms with E-state index in [9.17, 15) is 9.59 Å². The molecule has 2 amide bonds. The van der Waals surface area contributed by atoms with E-state index in [-0.39, 0.29) is 17.8 Å². The van der Waals surface area contributed by atoms with E-state index in [2.05, 4.69) is 5.10 Å². The van der Waals surface area contributed by atoms with Crippen molar-refractivity contribution in [2.75, 3.05) is 26.2 Å². The average Bonchev–Trinajstić information content (AvgIpc) is 3.10. The van der Waals surface area contributed by atoms with Gasteiger partial charge in [0.05, 0.1) is 23.0 Å². The number of rotatable bonds is 3. The van der Waals surface area contributed by atoms with E-state index >= 15 is 0 Å². The van der Waals surface area contributed by atoms with Gasteiger partial charge in [-0.3, -0.25) is 9.48 Å². The van der Waals surface area contributed by atoms with E-state index in [0.29, 0.717) is 49.9 Å². The van der Waals surface area contributed by atoms with Crippen molar-refractivity contribution in [3.8, 4) is 0 Å². The van der Waals surface area contributed by atoms with Crippen molar-refractivity contribution in [3.05, 3.63) is 40.1 Å². The van der Waals surface area contributed by atoms with Crippen LogP contribution in [0.4, 0.5) is 4.79 Å². The van der Waals surface area contributed by atoms with Gasteiger partial charge in [-0.05, 0) is 53.2 Å². The molecule has 8 nitrogen and oxygen atoms in total. The smallest absolute Gasteiger partial charge is 0.410 e. The second kappa shape index (κ2) is 8.71. The molecule has 0 aliphatic carbocycles. The Labute approximate surface area is 181 Å². The molecule has 0 radical (unpaired) electrons. The Balaban J connectivity index is 1.62. The number of halogens is 1. The Morgan fingerprint density at radius 1 is 1.13 bits per heavy atom. The molecule has 1 saturated heterocycles. The molecule has 30 heavy (non-hydrogen) atoms. The molecule has 1 fully saturated rings. The largest absolute Gasteiger partial charge is 0.454 e. The second-order valence-corrected chi connectivity index (χ2v) is 8.90. The van der Waals surface area contributed by atoms with Gasteiger partial charge in [-0.1, -0.05) is 11.6 Å². The third-order valence-corrected chi connectivity index (χ3v) is 5.45. The lowest BCUT2D eigenvalue weighted by Gasteiger charge is -2.26. The molecule has 164 valence electrons. The van der Waals surface area contributed by atoms with Crippen molar-refractivity contribution in [2.45, 2.75) is 53.2 Å². The summed E-state index contributed by atoms with van der Waals surface area (Å²) in [4.78, 5) is 28.6. The fourth-order valence-electron chi connectivity index (χ4n) is 3.34. The minimum Gasteiger partial charge on any atom is -0.454 e. The summed E-state index contributed by atoms with van der Waals surface area (Å²) in [7, 11) is 0. The zero-order valence-electron chi connectivity index (χ0n) is 18.2. The number of carbonyl (C=O) groups excluding carboxylic acids is 2. The van der Waals surface area contributed by atoms with Crippen molar-refractivity contribution in [1.29, 1.82) is 0 Å². The van der Waals surface area contributed by atoms with Crippen molar-refractivity contribution in [3.63, 3.8) is 0 Å². The third kappa shape index (κ3) is 5.16. The van der Waals surface area contributed by atoms with Gasteiger partial charge in [0.2, 0.25) is 0 Å². The van der Waals surface area contributed by atoms with E-state index in [1.807, 2.05) is 34.6 Å². The third-order valence-electron chi connectivity index (χ3n) is 4.91. The van der Waals surface area contributed by atoms with Crippen LogP contribution in [-0.2, 0) is 11.3 Å². The van der Waals surface area contributed by atoms with Gasteiger partial charge >= 0.3 is 6.09 Å². The van der Waals surface area contributed by atoms with Gasteiger partial charge in [0, 0.05) is 26.2 Å². The lowest BCUT2D eigenvalue weighted by atomic mass is 10.2. The molecule has 0 aromatic carbocycles. The highest BCUT2D eigenvalue weighted by atomic mass is 35.5. The topological polar surface area (TPSA) is 80.8 Å². The normalized spacial score (nSPS) is 15.3. The van der Waals surface area contributed by atoms with Crippen molar-refractivity contribution in [1.82, 2.24) is 19.6 Å². The lowest BCUT2D eigenvalue weighted by molar-refractivity contribution is 0.0255. The quantitative estimate of drug-likeness (QED) is 0.729. The molecular formula is C21H29ClN4O4. The lowest BCUT2D eigenvalue weighted by Crippen LogP contribution is -2.40. The summed E-state index contributed by atoms with van der Waals surface area (Å²) < 4.78 is 13.0. The molecule has 0 saturated carbocycles. The molecular weight excluding hydrogens is 408 g/mol. The molecule has 0 N–H and O–H groups in total. The number of aryl methyl sites for hydroxylation is 1. The summed E-state index contributed by atoms with van der Waals surface area (Å²) in [6.45, 7) is 11.6. The van der Waals surface area contributed by atoms with Crippen LogP contribution in [0.2, 0.25) is 5.02 Å². The molecule has 2 aromatic rings. The van der Waals surface area contributed by atoms with Gasteiger partial charge < -0.3 is 19.0 Å². The van der Waals surface area contributed by atoms with Crippen molar-refractivity contribution in [2.24, 2.45) is 0 Å². The predicted molar refractivity (Wildman–Crippen MR) is 113 cm³/mol. The fourth-order valence-corrected chi connectivity index (χ4v) is 3.48. The maximum Gasteiger partial charge on any atom is 0.410 e. The fraction of sp³-hybridized carbons (Fsp3) is 0.571. The number of nitrogens with zero attached hydrogens (tertiary/aromatic N) is 4. The van der Waals surface area contributed by atoms with E-state index in [4.69, 9.17) is 20.8 Å². The van der Waals surface area contributed by atoms with Gasteiger partial charge in [0.1, 0.15) is 11.4 Å². The summed E-state index contributed by atoms with van der Waals surface area (Å²) in [6, 6.07) is 3.46. The highest BCUT2D eigenvalue weighted by molar-refractivity contribution is 6.31. The molecule has 2 aromatic heterocycles. The van der Waals surface area contributed by atoms with Gasteiger partial charge in [0.25, 0.3) is 5.91 Å². The molecule has 0 bridgehead atoms. The molecule has 0 spiro atoms. The number of furan rings is 1. The Hall–Kier alpha value is -2.48. The second-order valence-electron chi connectivity index (χ2n) is 8.52. The molecule has 0 unspecified atom stereocenters. The van der Waals surface area contributed by atoms with Gasteiger partial charge in [-0.2, -0.15) is 5.10 Å². The van der Waals surface area contributed by atoms with E-state index in [0.717, 1.165) is 11.4 Å². The maximum absolute atomic E-state index is 12.9. The molecule has 0 atom stereocenters. The van der Waals surface area contributed by atoms with Crippen LogP contribution in [0.25, 0.3) is 0 Å². The average molecular weight is 437 g/mol. The first-order chi connectivity index (χ1) is 14.0. The van der Waals surface area contributed by atoms with Crippen LogP contribution in [0.3, 0.4) is 0 Å². The number of amides is 2. The predicted octanol–water partition coefficient (Wildman–Crippen LogP) is 3.88.